The summed E-state index contributed by atoms with van der Waals surface area (Å²) in [5, 5.41) is 14.7. The summed E-state index contributed by atoms with van der Waals surface area (Å²) in [6.07, 6.45) is 0. The van der Waals surface area contributed by atoms with Gasteiger partial charge in [-0.2, -0.15) is 0 Å². The molecule has 1 heterocycles. The van der Waals surface area contributed by atoms with E-state index in [2.05, 4.69) is 20.6 Å². The molecule has 32 heavy (non-hydrogen) atoms. The number of hydrogen-bond acceptors (Lipinski definition) is 5. The Balaban J connectivity index is 1.45. The van der Waals surface area contributed by atoms with Gasteiger partial charge in [-0.1, -0.05) is 54.6 Å². The molecule has 0 aliphatic heterocycles. The molecule has 0 aliphatic carbocycles. The number of H-pyrrole nitrogens is 1. The van der Waals surface area contributed by atoms with Gasteiger partial charge in [0.25, 0.3) is 11.8 Å². The number of nitrogens with one attached hydrogen (secondary N) is 3. The summed E-state index contributed by atoms with van der Waals surface area (Å²) in [7, 11) is 0. The minimum Gasteiger partial charge on any atom is -0.394 e. The Morgan fingerprint density at radius 1 is 0.875 bits per heavy atom. The Bertz CT molecular complexity index is 1250. The number of carbonyl (C=O) groups is 3. The van der Waals surface area contributed by atoms with Crippen molar-refractivity contribution in [1.29, 1.82) is 0 Å². The molecule has 3 aromatic carbocycles. The number of rotatable bonds is 7. The van der Waals surface area contributed by atoms with Gasteiger partial charge in [-0.3, -0.25) is 19.7 Å². The van der Waals surface area contributed by atoms with Crippen molar-refractivity contribution in [1.82, 2.24) is 15.3 Å². The number of benzene rings is 3. The van der Waals surface area contributed by atoms with Crippen LogP contribution < -0.4 is 10.6 Å². The summed E-state index contributed by atoms with van der Waals surface area (Å²) < 4.78 is 0. The monoisotopic (exact) mass is 428 g/mol. The third-order valence-corrected chi connectivity index (χ3v) is 4.86. The SMILES string of the molecule is O=C(NC(CO)C(=O)Nc1nc2ccccc2[nH]1)c1cccc(C(=O)c2ccccc2)c1. The highest BCUT2D eigenvalue weighted by molar-refractivity contribution is 6.10. The Morgan fingerprint density at radius 2 is 1.56 bits per heavy atom. The molecule has 4 N–H and O–H groups in total. The van der Waals surface area contributed by atoms with Crippen LogP contribution in [0.1, 0.15) is 26.3 Å². The molecule has 8 nitrogen and oxygen atoms in total. The zero-order valence-corrected chi connectivity index (χ0v) is 16.9. The topological polar surface area (TPSA) is 124 Å². The molecule has 0 aliphatic rings. The number of aliphatic hydroxyl groups excluding tert-OH is 1. The van der Waals surface area contributed by atoms with Crippen LogP contribution in [0.25, 0.3) is 11.0 Å². The predicted molar refractivity (Wildman–Crippen MR) is 119 cm³/mol. The fraction of sp³-hybridized carbons (Fsp3) is 0.0833. The molecule has 1 aromatic heterocycles. The number of para-hydroxylation sites is 2. The van der Waals surface area contributed by atoms with Crippen molar-refractivity contribution in [3.05, 3.63) is 95.6 Å². The van der Waals surface area contributed by atoms with E-state index in [4.69, 9.17) is 0 Å². The molecule has 1 unspecified atom stereocenters. The average molecular weight is 428 g/mol. The molecule has 1 atom stereocenters. The summed E-state index contributed by atoms with van der Waals surface area (Å²) in [6, 6.07) is 21.0. The lowest BCUT2D eigenvalue weighted by molar-refractivity contribution is -0.118. The summed E-state index contributed by atoms with van der Waals surface area (Å²) in [5.74, 6) is -1.23. The Hall–Kier alpha value is -4.30. The molecule has 4 rings (SSSR count). The number of aromatic amines is 1. The molecule has 0 spiro atoms. The van der Waals surface area contributed by atoms with Gasteiger partial charge in [0, 0.05) is 16.7 Å². The number of hydrogen-bond donors (Lipinski definition) is 4. The standard InChI is InChI=1S/C24H20N4O4/c29-14-20(23(32)28-24-26-18-11-4-5-12-19(18)27-24)25-22(31)17-10-6-9-16(13-17)21(30)15-7-2-1-3-8-15/h1-13,20,29H,14H2,(H,25,31)(H2,26,27,28,32). The third kappa shape index (κ3) is 4.55. The van der Waals surface area contributed by atoms with Crippen molar-refractivity contribution in [3.63, 3.8) is 0 Å². The normalized spacial score (nSPS) is 11.7. The highest BCUT2D eigenvalue weighted by atomic mass is 16.3. The Kier molecular flexibility index (Phi) is 6.05. The van der Waals surface area contributed by atoms with Crippen molar-refractivity contribution >= 4 is 34.6 Å². The van der Waals surface area contributed by atoms with Gasteiger partial charge >= 0.3 is 0 Å². The number of aliphatic hydroxyl groups is 1. The van der Waals surface area contributed by atoms with Crippen molar-refractivity contribution in [3.8, 4) is 0 Å². The van der Waals surface area contributed by atoms with Crippen LogP contribution in [-0.2, 0) is 4.79 Å². The number of aromatic nitrogens is 2. The molecule has 8 heteroatoms. The maximum atomic E-state index is 12.7. The van der Waals surface area contributed by atoms with Gasteiger partial charge in [0.2, 0.25) is 5.95 Å². The van der Waals surface area contributed by atoms with Gasteiger partial charge in [-0.05, 0) is 24.3 Å². The second-order valence-corrected chi connectivity index (χ2v) is 7.08. The van der Waals surface area contributed by atoms with Crippen LogP contribution >= 0.6 is 0 Å². The highest BCUT2D eigenvalue weighted by Crippen LogP contribution is 2.14. The van der Waals surface area contributed by atoms with Crippen LogP contribution in [0.2, 0.25) is 0 Å². The van der Waals surface area contributed by atoms with Crippen molar-refractivity contribution < 1.29 is 19.5 Å². The summed E-state index contributed by atoms with van der Waals surface area (Å²) >= 11 is 0. The fourth-order valence-corrected chi connectivity index (χ4v) is 3.21. The molecular formula is C24H20N4O4. The Morgan fingerprint density at radius 3 is 2.31 bits per heavy atom. The van der Waals surface area contributed by atoms with E-state index in [1.54, 1.807) is 42.5 Å². The summed E-state index contributed by atoms with van der Waals surface area (Å²) in [6.45, 7) is -0.611. The van der Waals surface area contributed by atoms with Crippen LogP contribution in [0, 0.1) is 0 Å². The molecule has 0 fully saturated rings. The first-order valence-corrected chi connectivity index (χ1v) is 9.92. The van der Waals surface area contributed by atoms with Crippen molar-refractivity contribution in [2.75, 3.05) is 11.9 Å². The maximum absolute atomic E-state index is 12.7. The van der Waals surface area contributed by atoms with Gasteiger partial charge < -0.3 is 15.4 Å². The molecule has 0 bridgehead atoms. The third-order valence-electron chi connectivity index (χ3n) is 4.86. The molecule has 0 saturated heterocycles. The molecule has 0 radical (unpaired) electrons. The second kappa shape index (κ2) is 9.23. The van der Waals surface area contributed by atoms with E-state index in [-0.39, 0.29) is 17.3 Å². The first-order chi connectivity index (χ1) is 15.5. The number of anilines is 1. The van der Waals surface area contributed by atoms with E-state index in [1.807, 2.05) is 24.3 Å². The predicted octanol–water partition coefficient (Wildman–Crippen LogP) is 2.52. The van der Waals surface area contributed by atoms with E-state index in [9.17, 15) is 19.5 Å². The zero-order valence-electron chi connectivity index (χ0n) is 16.9. The number of nitrogens with zero attached hydrogens (tertiary/aromatic N) is 1. The molecular weight excluding hydrogens is 408 g/mol. The lowest BCUT2D eigenvalue weighted by Gasteiger charge is -2.15. The number of amides is 2. The average Bonchev–Trinajstić information content (AvgIpc) is 3.24. The molecule has 2 amide bonds. The zero-order chi connectivity index (χ0) is 22.5. The fourth-order valence-electron chi connectivity index (χ4n) is 3.21. The van der Waals surface area contributed by atoms with Gasteiger partial charge in [-0.15, -0.1) is 0 Å². The van der Waals surface area contributed by atoms with Gasteiger partial charge in [-0.25, -0.2) is 4.98 Å². The van der Waals surface area contributed by atoms with E-state index in [1.165, 1.54) is 12.1 Å². The number of imidazole rings is 1. The van der Waals surface area contributed by atoms with Crippen LogP contribution in [-0.4, -0.2) is 45.3 Å². The quantitative estimate of drug-likeness (QED) is 0.337. The molecule has 0 saturated carbocycles. The maximum Gasteiger partial charge on any atom is 0.252 e. The minimum absolute atomic E-state index is 0.196. The summed E-state index contributed by atoms with van der Waals surface area (Å²) in [5.41, 5.74) is 2.46. The van der Waals surface area contributed by atoms with Crippen LogP contribution in [0.4, 0.5) is 5.95 Å². The van der Waals surface area contributed by atoms with Gasteiger partial charge in [0.15, 0.2) is 5.78 Å². The van der Waals surface area contributed by atoms with Crippen molar-refractivity contribution in [2.24, 2.45) is 0 Å². The lowest BCUT2D eigenvalue weighted by atomic mass is 10.0. The molecule has 4 aromatic rings. The largest absolute Gasteiger partial charge is 0.394 e. The highest BCUT2D eigenvalue weighted by Gasteiger charge is 2.22. The minimum atomic E-state index is -1.20. The van der Waals surface area contributed by atoms with E-state index in [0.717, 1.165) is 5.52 Å². The Labute approximate surface area is 183 Å². The van der Waals surface area contributed by atoms with E-state index in [0.29, 0.717) is 16.6 Å². The van der Waals surface area contributed by atoms with Gasteiger partial charge in [0.1, 0.15) is 6.04 Å². The van der Waals surface area contributed by atoms with E-state index < -0.39 is 24.5 Å². The molecule has 160 valence electrons. The summed E-state index contributed by atoms with van der Waals surface area (Å²) in [4.78, 5) is 45.1. The first-order valence-electron chi connectivity index (χ1n) is 9.92. The number of fused-ring (bicyclic) bond motifs is 1. The first kappa shape index (κ1) is 21.0. The van der Waals surface area contributed by atoms with Crippen LogP contribution in [0.15, 0.2) is 78.9 Å². The smallest absolute Gasteiger partial charge is 0.252 e. The van der Waals surface area contributed by atoms with Crippen LogP contribution in [0.5, 0.6) is 0 Å². The number of ketones is 1. The van der Waals surface area contributed by atoms with Crippen LogP contribution in [0.3, 0.4) is 0 Å². The van der Waals surface area contributed by atoms with E-state index >= 15 is 0 Å². The van der Waals surface area contributed by atoms with Gasteiger partial charge in [0.05, 0.1) is 17.6 Å². The number of carbonyl (C=O) groups excluding carboxylic acids is 3. The lowest BCUT2D eigenvalue weighted by Crippen LogP contribution is -2.46. The second-order valence-electron chi connectivity index (χ2n) is 7.08. The van der Waals surface area contributed by atoms with Crippen molar-refractivity contribution in [2.45, 2.75) is 6.04 Å².